The van der Waals surface area contributed by atoms with E-state index >= 15 is 0 Å². The first kappa shape index (κ1) is 9.68. The highest BCUT2D eigenvalue weighted by Gasteiger charge is 2.18. The summed E-state index contributed by atoms with van der Waals surface area (Å²) in [4.78, 5) is 7.76. The van der Waals surface area contributed by atoms with Crippen molar-refractivity contribution in [1.29, 1.82) is 0 Å². The highest BCUT2D eigenvalue weighted by atomic mass is 16.5. The molecule has 0 aromatic carbocycles. The molecule has 1 aliphatic heterocycles. The van der Waals surface area contributed by atoms with Gasteiger partial charge in [-0.15, -0.1) is 0 Å². The smallest absolute Gasteiger partial charge is 0.109 e. The number of H-pyrrole nitrogens is 1. The van der Waals surface area contributed by atoms with Gasteiger partial charge in [0.25, 0.3) is 0 Å². The highest BCUT2D eigenvalue weighted by molar-refractivity contribution is 5.05. The van der Waals surface area contributed by atoms with E-state index < -0.39 is 0 Å². The van der Waals surface area contributed by atoms with Crippen molar-refractivity contribution in [2.24, 2.45) is 0 Å². The summed E-state index contributed by atoms with van der Waals surface area (Å²) in [6, 6.07) is 0. The number of nitrogens with one attached hydrogen (secondary N) is 2. The van der Waals surface area contributed by atoms with Crippen LogP contribution in [0.3, 0.4) is 0 Å². The van der Waals surface area contributed by atoms with Crippen LogP contribution in [0.25, 0.3) is 0 Å². The summed E-state index contributed by atoms with van der Waals surface area (Å²) < 4.78 is 5.32. The van der Waals surface area contributed by atoms with E-state index in [0.717, 1.165) is 44.1 Å². The molecule has 14 heavy (non-hydrogen) atoms. The summed E-state index contributed by atoms with van der Waals surface area (Å²) >= 11 is 0. The van der Waals surface area contributed by atoms with Crippen LogP contribution in [0.5, 0.6) is 0 Å². The van der Waals surface area contributed by atoms with Crippen LogP contribution in [0, 0.1) is 0 Å². The van der Waals surface area contributed by atoms with Crippen LogP contribution in [0.15, 0.2) is 6.20 Å². The standard InChI is InChI=1S/C10H17N3O/c1-11-6-9-7-12-10(13-9)8-2-4-14-5-3-8/h7-8,11H,2-6H2,1H3,(H,12,13). The molecule has 0 radical (unpaired) electrons. The minimum absolute atomic E-state index is 0.564. The molecule has 0 aliphatic carbocycles. The summed E-state index contributed by atoms with van der Waals surface area (Å²) in [7, 11) is 1.94. The van der Waals surface area contributed by atoms with E-state index in [-0.39, 0.29) is 0 Å². The molecular weight excluding hydrogens is 178 g/mol. The third kappa shape index (κ3) is 2.13. The molecule has 1 aromatic rings. The maximum atomic E-state index is 5.32. The molecule has 2 rings (SSSR count). The average molecular weight is 195 g/mol. The van der Waals surface area contributed by atoms with Gasteiger partial charge in [-0.05, 0) is 19.9 Å². The predicted octanol–water partition coefficient (Wildman–Crippen LogP) is 1.02. The van der Waals surface area contributed by atoms with E-state index in [1.54, 1.807) is 0 Å². The zero-order valence-electron chi connectivity index (χ0n) is 8.55. The van der Waals surface area contributed by atoms with Crippen molar-refractivity contribution in [3.63, 3.8) is 0 Å². The van der Waals surface area contributed by atoms with Crippen LogP contribution < -0.4 is 5.32 Å². The topological polar surface area (TPSA) is 49.9 Å². The molecule has 2 N–H and O–H groups in total. The largest absolute Gasteiger partial charge is 0.381 e. The van der Waals surface area contributed by atoms with Gasteiger partial charge >= 0.3 is 0 Å². The lowest BCUT2D eigenvalue weighted by atomic mass is 10.00. The normalized spacial score (nSPS) is 18.6. The van der Waals surface area contributed by atoms with Gasteiger partial charge < -0.3 is 15.0 Å². The zero-order chi connectivity index (χ0) is 9.80. The summed E-state index contributed by atoms with van der Waals surface area (Å²) in [5.41, 5.74) is 1.16. The summed E-state index contributed by atoms with van der Waals surface area (Å²) in [6.45, 7) is 2.59. The first-order valence-corrected chi connectivity index (χ1v) is 5.16. The zero-order valence-corrected chi connectivity index (χ0v) is 8.55. The molecule has 1 aliphatic rings. The van der Waals surface area contributed by atoms with Gasteiger partial charge in [-0.2, -0.15) is 0 Å². The quantitative estimate of drug-likeness (QED) is 0.757. The number of ether oxygens (including phenoxy) is 1. The fourth-order valence-corrected chi connectivity index (χ4v) is 1.84. The molecule has 2 heterocycles. The molecule has 0 atom stereocenters. The number of rotatable bonds is 3. The van der Waals surface area contributed by atoms with Gasteiger partial charge in [0.1, 0.15) is 5.82 Å². The molecule has 0 saturated carbocycles. The molecule has 0 spiro atoms. The molecule has 78 valence electrons. The van der Waals surface area contributed by atoms with Gasteiger partial charge in [-0.1, -0.05) is 0 Å². The Hall–Kier alpha value is -0.870. The lowest BCUT2D eigenvalue weighted by molar-refractivity contribution is 0.0837. The highest BCUT2D eigenvalue weighted by Crippen LogP contribution is 2.24. The second-order valence-electron chi connectivity index (χ2n) is 3.71. The van der Waals surface area contributed by atoms with Crippen LogP contribution in [0.2, 0.25) is 0 Å². The molecule has 1 saturated heterocycles. The SMILES string of the molecule is CNCc1cnc(C2CCOCC2)[nH]1. The summed E-state index contributed by atoms with van der Waals surface area (Å²) in [5.74, 6) is 1.69. The minimum atomic E-state index is 0.564. The summed E-state index contributed by atoms with van der Waals surface area (Å²) in [5, 5.41) is 3.10. The number of aromatic nitrogens is 2. The Kier molecular flexibility index (Phi) is 3.16. The average Bonchev–Trinajstić information content (AvgIpc) is 2.68. The molecule has 4 nitrogen and oxygen atoms in total. The van der Waals surface area contributed by atoms with E-state index in [1.807, 2.05) is 13.2 Å². The fourth-order valence-electron chi connectivity index (χ4n) is 1.84. The van der Waals surface area contributed by atoms with Gasteiger partial charge in [0.2, 0.25) is 0 Å². The van der Waals surface area contributed by atoms with Gasteiger partial charge in [0, 0.05) is 37.6 Å². The summed E-state index contributed by atoms with van der Waals surface area (Å²) in [6.07, 6.45) is 4.10. The Labute approximate surface area is 84.1 Å². The van der Waals surface area contributed by atoms with Crippen LogP contribution in [0.4, 0.5) is 0 Å². The molecule has 0 amide bonds. The maximum absolute atomic E-state index is 5.32. The monoisotopic (exact) mass is 195 g/mol. The third-order valence-electron chi connectivity index (χ3n) is 2.62. The van der Waals surface area contributed by atoms with E-state index in [4.69, 9.17) is 4.74 Å². The molecule has 0 unspecified atom stereocenters. The van der Waals surface area contributed by atoms with Crippen molar-refractivity contribution in [3.8, 4) is 0 Å². The second kappa shape index (κ2) is 4.57. The Morgan fingerprint density at radius 2 is 2.36 bits per heavy atom. The Bertz CT molecular complexity index is 279. The van der Waals surface area contributed by atoms with Crippen LogP contribution >= 0.6 is 0 Å². The van der Waals surface area contributed by atoms with E-state index in [2.05, 4.69) is 15.3 Å². The number of imidazole rings is 1. The van der Waals surface area contributed by atoms with Crippen LogP contribution in [-0.2, 0) is 11.3 Å². The van der Waals surface area contributed by atoms with Crippen molar-refractivity contribution in [2.45, 2.75) is 25.3 Å². The van der Waals surface area contributed by atoms with Crippen molar-refractivity contribution < 1.29 is 4.74 Å². The number of hydrogen-bond donors (Lipinski definition) is 2. The molecule has 1 aromatic heterocycles. The Balaban J connectivity index is 2.00. The van der Waals surface area contributed by atoms with E-state index in [1.165, 1.54) is 0 Å². The van der Waals surface area contributed by atoms with Crippen LogP contribution in [-0.4, -0.2) is 30.2 Å². The predicted molar refractivity (Wildman–Crippen MR) is 54.1 cm³/mol. The van der Waals surface area contributed by atoms with E-state index in [0.29, 0.717) is 5.92 Å². The number of aromatic amines is 1. The van der Waals surface area contributed by atoms with Crippen molar-refractivity contribution >= 4 is 0 Å². The molecular formula is C10H17N3O. The Morgan fingerprint density at radius 1 is 1.57 bits per heavy atom. The molecule has 1 fully saturated rings. The first-order chi connectivity index (χ1) is 6.90. The Morgan fingerprint density at radius 3 is 3.07 bits per heavy atom. The molecule has 4 heteroatoms. The fraction of sp³-hybridized carbons (Fsp3) is 0.700. The van der Waals surface area contributed by atoms with Crippen molar-refractivity contribution in [2.75, 3.05) is 20.3 Å². The van der Waals surface area contributed by atoms with Gasteiger partial charge in [0.05, 0.1) is 0 Å². The maximum Gasteiger partial charge on any atom is 0.109 e. The van der Waals surface area contributed by atoms with Gasteiger partial charge in [-0.25, -0.2) is 4.98 Å². The van der Waals surface area contributed by atoms with Crippen molar-refractivity contribution in [3.05, 3.63) is 17.7 Å². The van der Waals surface area contributed by atoms with Gasteiger partial charge in [-0.3, -0.25) is 0 Å². The first-order valence-electron chi connectivity index (χ1n) is 5.16. The third-order valence-corrected chi connectivity index (χ3v) is 2.62. The second-order valence-corrected chi connectivity index (χ2v) is 3.71. The number of nitrogens with zero attached hydrogens (tertiary/aromatic N) is 1. The van der Waals surface area contributed by atoms with Crippen LogP contribution in [0.1, 0.15) is 30.3 Å². The minimum Gasteiger partial charge on any atom is -0.381 e. The van der Waals surface area contributed by atoms with E-state index in [9.17, 15) is 0 Å². The van der Waals surface area contributed by atoms with Crippen molar-refractivity contribution in [1.82, 2.24) is 15.3 Å². The molecule has 0 bridgehead atoms. The van der Waals surface area contributed by atoms with Gasteiger partial charge in [0.15, 0.2) is 0 Å². The lowest BCUT2D eigenvalue weighted by Gasteiger charge is -2.19. The lowest BCUT2D eigenvalue weighted by Crippen LogP contribution is -2.15. The number of hydrogen-bond acceptors (Lipinski definition) is 3.